The second kappa shape index (κ2) is 4.42. The van der Waals surface area contributed by atoms with Gasteiger partial charge in [0, 0.05) is 12.5 Å². The van der Waals surface area contributed by atoms with Gasteiger partial charge < -0.3 is 14.6 Å². The van der Waals surface area contributed by atoms with E-state index >= 15 is 0 Å². The lowest BCUT2D eigenvalue weighted by molar-refractivity contribution is -0.159. The van der Waals surface area contributed by atoms with Gasteiger partial charge in [0.1, 0.15) is 0 Å². The number of carbonyl (C=O) groups is 1. The van der Waals surface area contributed by atoms with E-state index < -0.39 is 6.10 Å². The van der Waals surface area contributed by atoms with Crippen molar-refractivity contribution in [3.63, 3.8) is 0 Å². The molecule has 1 heterocycles. The van der Waals surface area contributed by atoms with Crippen molar-refractivity contribution < 1.29 is 19.4 Å². The summed E-state index contributed by atoms with van der Waals surface area (Å²) < 4.78 is 9.73. The van der Waals surface area contributed by atoms with Gasteiger partial charge in [0.25, 0.3) is 0 Å². The Hall–Kier alpha value is -0.610. The van der Waals surface area contributed by atoms with Gasteiger partial charge in [-0.15, -0.1) is 0 Å². The van der Waals surface area contributed by atoms with E-state index in [1.807, 2.05) is 0 Å². The maximum atomic E-state index is 11.0. The molecule has 2 atom stereocenters. The molecule has 1 N–H and O–H groups in total. The van der Waals surface area contributed by atoms with Crippen LogP contribution >= 0.6 is 0 Å². The minimum Gasteiger partial charge on any atom is -0.467 e. The lowest BCUT2D eigenvalue weighted by Gasteiger charge is -2.25. The van der Waals surface area contributed by atoms with Crippen molar-refractivity contribution in [2.24, 2.45) is 5.92 Å². The summed E-state index contributed by atoms with van der Waals surface area (Å²) in [6.07, 6.45) is 1.06. The van der Waals surface area contributed by atoms with Crippen LogP contribution in [0.1, 0.15) is 12.8 Å². The van der Waals surface area contributed by atoms with Crippen LogP contribution in [0.15, 0.2) is 0 Å². The van der Waals surface area contributed by atoms with E-state index in [0.717, 1.165) is 6.42 Å². The highest BCUT2D eigenvalue weighted by Gasteiger charge is 2.26. The van der Waals surface area contributed by atoms with Gasteiger partial charge in [0.05, 0.1) is 13.7 Å². The molecule has 2 unspecified atom stereocenters. The second-order valence-electron chi connectivity index (χ2n) is 2.97. The molecule has 0 amide bonds. The number of hydrogen-bond acceptors (Lipinski definition) is 4. The van der Waals surface area contributed by atoms with Gasteiger partial charge in [-0.05, 0) is 12.8 Å². The van der Waals surface area contributed by atoms with Crippen molar-refractivity contribution in [3.8, 4) is 0 Å². The molecule has 0 bridgehead atoms. The number of hydrogen-bond donors (Lipinski definition) is 1. The summed E-state index contributed by atoms with van der Waals surface area (Å²) in [6, 6.07) is 0. The topological polar surface area (TPSA) is 55.8 Å². The lowest BCUT2D eigenvalue weighted by Crippen LogP contribution is -2.34. The zero-order valence-corrected chi connectivity index (χ0v) is 7.16. The van der Waals surface area contributed by atoms with E-state index in [1.54, 1.807) is 0 Å². The first kappa shape index (κ1) is 9.48. The third-order valence-corrected chi connectivity index (χ3v) is 2.09. The number of rotatable bonds is 2. The van der Waals surface area contributed by atoms with Crippen LogP contribution in [0.3, 0.4) is 0 Å². The quantitative estimate of drug-likeness (QED) is 0.596. The van der Waals surface area contributed by atoms with Gasteiger partial charge in [-0.1, -0.05) is 0 Å². The predicted octanol–water partition coefficient (Wildman–Crippen LogP) is -0.0531. The highest BCUT2D eigenvalue weighted by Crippen LogP contribution is 2.18. The number of carbonyl (C=O) groups excluding carboxylic acids is 1. The van der Waals surface area contributed by atoms with E-state index in [1.165, 1.54) is 7.11 Å². The number of aliphatic hydroxyl groups is 1. The van der Waals surface area contributed by atoms with Crippen LogP contribution in [-0.4, -0.2) is 37.5 Å². The summed E-state index contributed by atoms with van der Waals surface area (Å²) in [4.78, 5) is 11.0. The van der Waals surface area contributed by atoms with Crippen LogP contribution in [0.25, 0.3) is 0 Å². The van der Waals surface area contributed by atoms with Crippen LogP contribution in [-0.2, 0) is 14.3 Å². The van der Waals surface area contributed by atoms with Crippen LogP contribution in [0.2, 0.25) is 0 Å². The largest absolute Gasteiger partial charge is 0.467 e. The summed E-state index contributed by atoms with van der Waals surface area (Å²) >= 11 is 0. The van der Waals surface area contributed by atoms with Gasteiger partial charge in [-0.25, -0.2) is 4.79 Å². The standard InChI is InChI=1S/C8H14O4/c1-11-8(10)7-3-2-6(4-9)5-12-7/h6-7,9H,2-5H2,1H3. The van der Waals surface area contributed by atoms with Crippen molar-refractivity contribution in [3.05, 3.63) is 0 Å². The van der Waals surface area contributed by atoms with Gasteiger partial charge in [-0.3, -0.25) is 0 Å². The van der Waals surface area contributed by atoms with E-state index in [-0.39, 0.29) is 18.5 Å². The summed E-state index contributed by atoms with van der Waals surface area (Å²) in [5.41, 5.74) is 0. The molecule has 4 nitrogen and oxygen atoms in total. The smallest absolute Gasteiger partial charge is 0.334 e. The predicted molar refractivity (Wildman–Crippen MR) is 41.6 cm³/mol. The maximum Gasteiger partial charge on any atom is 0.334 e. The Morgan fingerprint density at radius 2 is 2.42 bits per heavy atom. The zero-order valence-electron chi connectivity index (χ0n) is 7.16. The normalized spacial score (nSPS) is 29.8. The minimum absolute atomic E-state index is 0.133. The summed E-state index contributed by atoms with van der Waals surface area (Å²) in [5.74, 6) is -0.128. The first-order chi connectivity index (χ1) is 5.77. The third-order valence-electron chi connectivity index (χ3n) is 2.09. The van der Waals surface area contributed by atoms with Gasteiger partial charge in [-0.2, -0.15) is 0 Å². The molecular formula is C8H14O4. The van der Waals surface area contributed by atoms with Gasteiger partial charge >= 0.3 is 5.97 Å². The molecule has 0 radical (unpaired) electrons. The highest BCUT2D eigenvalue weighted by atomic mass is 16.6. The van der Waals surface area contributed by atoms with Crippen molar-refractivity contribution >= 4 is 5.97 Å². The van der Waals surface area contributed by atoms with Gasteiger partial charge in [0.15, 0.2) is 6.10 Å². The Bertz CT molecular complexity index is 149. The average molecular weight is 174 g/mol. The Morgan fingerprint density at radius 3 is 2.83 bits per heavy atom. The van der Waals surface area contributed by atoms with Crippen LogP contribution in [0.4, 0.5) is 0 Å². The average Bonchev–Trinajstić information content (AvgIpc) is 2.17. The minimum atomic E-state index is -0.419. The Kier molecular flexibility index (Phi) is 3.49. The van der Waals surface area contributed by atoms with E-state index in [9.17, 15) is 4.79 Å². The monoisotopic (exact) mass is 174 g/mol. The molecule has 0 spiro atoms. The van der Waals surface area contributed by atoms with Crippen molar-refractivity contribution in [1.82, 2.24) is 0 Å². The van der Waals surface area contributed by atoms with E-state index in [4.69, 9.17) is 9.84 Å². The second-order valence-corrected chi connectivity index (χ2v) is 2.97. The first-order valence-corrected chi connectivity index (χ1v) is 4.08. The molecule has 4 heteroatoms. The van der Waals surface area contributed by atoms with Gasteiger partial charge in [0.2, 0.25) is 0 Å². The van der Waals surface area contributed by atoms with Crippen molar-refractivity contribution in [1.29, 1.82) is 0 Å². The van der Waals surface area contributed by atoms with Crippen LogP contribution in [0, 0.1) is 5.92 Å². The summed E-state index contributed by atoms with van der Waals surface area (Å²) in [6.45, 7) is 0.587. The SMILES string of the molecule is COC(=O)C1CCC(CO)CO1. The van der Waals surface area contributed by atoms with Crippen LogP contribution in [0.5, 0.6) is 0 Å². The lowest BCUT2D eigenvalue weighted by atomic mass is 9.99. The Labute approximate surface area is 71.5 Å². The van der Waals surface area contributed by atoms with E-state index in [0.29, 0.717) is 13.0 Å². The summed E-state index contributed by atoms with van der Waals surface area (Å²) in [7, 11) is 1.35. The molecule has 0 aliphatic carbocycles. The number of esters is 1. The molecule has 0 saturated carbocycles. The zero-order chi connectivity index (χ0) is 8.97. The number of ether oxygens (including phenoxy) is 2. The Morgan fingerprint density at radius 1 is 1.67 bits per heavy atom. The molecule has 70 valence electrons. The molecule has 0 aromatic carbocycles. The summed E-state index contributed by atoms with van der Waals surface area (Å²) in [5, 5.41) is 8.78. The van der Waals surface area contributed by atoms with Crippen LogP contribution < -0.4 is 0 Å². The third kappa shape index (κ3) is 2.19. The number of methoxy groups -OCH3 is 1. The molecule has 1 rings (SSSR count). The molecule has 1 saturated heterocycles. The van der Waals surface area contributed by atoms with Crippen molar-refractivity contribution in [2.45, 2.75) is 18.9 Å². The van der Waals surface area contributed by atoms with Crippen molar-refractivity contribution in [2.75, 3.05) is 20.3 Å². The molecular weight excluding hydrogens is 160 g/mol. The molecule has 12 heavy (non-hydrogen) atoms. The first-order valence-electron chi connectivity index (χ1n) is 4.08. The Balaban J connectivity index is 2.30. The molecule has 0 aromatic rings. The molecule has 1 aliphatic heterocycles. The fraction of sp³-hybridized carbons (Fsp3) is 0.875. The molecule has 1 fully saturated rings. The number of aliphatic hydroxyl groups excluding tert-OH is 1. The molecule has 0 aromatic heterocycles. The fourth-order valence-corrected chi connectivity index (χ4v) is 1.27. The highest BCUT2D eigenvalue weighted by molar-refractivity contribution is 5.74. The fourth-order valence-electron chi connectivity index (χ4n) is 1.27. The van der Waals surface area contributed by atoms with E-state index in [2.05, 4.69) is 4.74 Å². The molecule has 1 aliphatic rings. The maximum absolute atomic E-state index is 11.0.